The highest BCUT2D eigenvalue weighted by Crippen LogP contribution is 2.43. The summed E-state index contributed by atoms with van der Waals surface area (Å²) in [5.74, 6) is 1.86. The molecule has 0 bridgehead atoms. The molecule has 3 aromatic rings. The van der Waals surface area contributed by atoms with E-state index in [0.29, 0.717) is 54.7 Å². The Morgan fingerprint density at radius 1 is 0.958 bits per heavy atom. The van der Waals surface area contributed by atoms with Crippen molar-refractivity contribution < 1.29 is 32.2 Å². The minimum absolute atomic E-state index is 0.0290. The zero-order chi connectivity index (χ0) is 35.0. The maximum atomic E-state index is 13.5. The number of carbonyl (C=O) groups excluding carboxylic acids is 2. The van der Waals surface area contributed by atoms with Crippen LogP contribution in [0, 0.1) is 12.8 Å². The average molecular weight is 671 g/mol. The summed E-state index contributed by atoms with van der Waals surface area (Å²) in [4.78, 5) is 38.7. The number of aryl methyl sites for hydroxylation is 1. The van der Waals surface area contributed by atoms with Gasteiger partial charge in [-0.25, -0.2) is 14.8 Å². The number of rotatable bonds is 6. The van der Waals surface area contributed by atoms with E-state index in [2.05, 4.69) is 15.3 Å². The van der Waals surface area contributed by atoms with Crippen molar-refractivity contribution in [2.24, 2.45) is 5.92 Å². The number of fused-ring (bicyclic) bond motifs is 1. The second-order valence-electron chi connectivity index (χ2n) is 13.8. The Morgan fingerprint density at radius 3 is 2.21 bits per heavy atom. The van der Waals surface area contributed by atoms with E-state index in [1.165, 1.54) is 6.07 Å². The standard InChI is InChI=1S/C35H45F3N6O4/c1-20(24-15-25(35(36,37)38)17-26(39)16-24)40-31-28-18-27(30(47-6)19-29(28)41-21(2)42-31)22-7-9-23(10-8-22)32(45)43-11-13-44(14-12-43)33(46)48-34(3,4)5/h15-20,22-23H,7-14,39H2,1-6H3,(H,40,41,42)/t20-,22?,23?/m1/s1. The van der Waals surface area contributed by atoms with Gasteiger partial charge in [-0.2, -0.15) is 13.2 Å². The van der Waals surface area contributed by atoms with Crippen LogP contribution in [0.25, 0.3) is 10.9 Å². The smallest absolute Gasteiger partial charge is 0.416 e. The molecule has 1 aliphatic heterocycles. The average Bonchev–Trinajstić information content (AvgIpc) is 3.02. The molecule has 5 rings (SSSR count). The van der Waals surface area contributed by atoms with Crippen molar-refractivity contribution in [1.82, 2.24) is 19.8 Å². The highest BCUT2D eigenvalue weighted by atomic mass is 19.4. The van der Waals surface area contributed by atoms with Crippen molar-refractivity contribution in [3.05, 3.63) is 52.8 Å². The lowest BCUT2D eigenvalue weighted by Gasteiger charge is -2.38. The Hall–Kier alpha value is -4.29. The maximum Gasteiger partial charge on any atom is 0.416 e. The van der Waals surface area contributed by atoms with E-state index in [-0.39, 0.29) is 29.5 Å². The monoisotopic (exact) mass is 670 g/mol. The first-order valence-corrected chi connectivity index (χ1v) is 16.4. The molecular formula is C35H45F3N6O4. The summed E-state index contributed by atoms with van der Waals surface area (Å²) < 4.78 is 51.8. The van der Waals surface area contributed by atoms with E-state index in [9.17, 15) is 22.8 Å². The number of nitrogen functional groups attached to an aromatic ring is 1. The normalized spacial score (nSPS) is 19.6. The molecule has 2 fully saturated rings. The number of alkyl halides is 3. The molecule has 0 radical (unpaired) electrons. The number of aromatic nitrogens is 2. The lowest BCUT2D eigenvalue weighted by Crippen LogP contribution is -2.53. The van der Waals surface area contributed by atoms with Crippen molar-refractivity contribution >= 4 is 34.4 Å². The molecule has 1 aromatic heterocycles. The van der Waals surface area contributed by atoms with E-state index in [4.69, 9.17) is 15.2 Å². The zero-order valence-electron chi connectivity index (χ0n) is 28.4. The summed E-state index contributed by atoms with van der Waals surface area (Å²) in [6.45, 7) is 10.9. The van der Waals surface area contributed by atoms with Gasteiger partial charge in [0.15, 0.2) is 0 Å². The number of anilines is 2. The van der Waals surface area contributed by atoms with E-state index < -0.39 is 23.4 Å². The summed E-state index contributed by atoms with van der Waals surface area (Å²) in [5.41, 5.74) is 6.50. The van der Waals surface area contributed by atoms with Crippen molar-refractivity contribution in [3.8, 4) is 5.75 Å². The molecule has 3 N–H and O–H groups in total. The van der Waals surface area contributed by atoms with E-state index in [1.54, 1.807) is 25.9 Å². The molecule has 48 heavy (non-hydrogen) atoms. The predicted octanol–water partition coefficient (Wildman–Crippen LogP) is 7.07. The van der Waals surface area contributed by atoms with Gasteiger partial charge in [0.25, 0.3) is 0 Å². The van der Waals surface area contributed by atoms with Crippen LogP contribution in [0.1, 0.15) is 87.9 Å². The van der Waals surface area contributed by atoms with Gasteiger partial charge in [-0.05, 0) is 102 Å². The summed E-state index contributed by atoms with van der Waals surface area (Å²) in [7, 11) is 1.62. The Labute approximate surface area is 279 Å². The molecule has 2 amide bonds. The fraction of sp³-hybridized carbons (Fsp3) is 0.543. The Bertz CT molecular complexity index is 1660. The summed E-state index contributed by atoms with van der Waals surface area (Å²) in [5, 5.41) is 4.02. The van der Waals surface area contributed by atoms with Gasteiger partial charge in [0, 0.05) is 49.2 Å². The van der Waals surface area contributed by atoms with Crippen molar-refractivity contribution in [1.29, 1.82) is 0 Å². The Balaban J connectivity index is 1.29. The number of methoxy groups -OCH3 is 1. The maximum absolute atomic E-state index is 13.5. The molecule has 2 aliphatic rings. The molecule has 10 nitrogen and oxygen atoms in total. The first-order chi connectivity index (χ1) is 22.5. The van der Waals surface area contributed by atoms with Gasteiger partial charge in [0.2, 0.25) is 5.91 Å². The van der Waals surface area contributed by atoms with Crippen LogP contribution in [-0.4, -0.2) is 70.7 Å². The Kier molecular flexibility index (Phi) is 9.98. The van der Waals surface area contributed by atoms with E-state index in [1.807, 2.05) is 37.8 Å². The summed E-state index contributed by atoms with van der Waals surface area (Å²) in [6, 6.07) is 6.89. The molecule has 0 spiro atoms. The predicted molar refractivity (Wildman–Crippen MR) is 178 cm³/mol. The fourth-order valence-corrected chi connectivity index (χ4v) is 6.62. The first-order valence-electron chi connectivity index (χ1n) is 16.4. The molecule has 1 atom stereocenters. The third-order valence-corrected chi connectivity index (χ3v) is 9.08. The van der Waals surface area contributed by atoms with Crippen LogP contribution < -0.4 is 15.8 Å². The number of piperazine rings is 1. The van der Waals surface area contributed by atoms with Gasteiger partial charge in [0.1, 0.15) is 23.0 Å². The SMILES string of the molecule is COc1cc2nc(C)nc(N[C@H](C)c3cc(N)cc(C(F)(F)F)c3)c2cc1C1CCC(C(=O)N2CCN(C(=O)OC(C)(C)C)CC2)CC1. The number of ether oxygens (including phenoxy) is 2. The molecule has 1 saturated heterocycles. The molecule has 13 heteroatoms. The third kappa shape index (κ3) is 8.04. The topological polar surface area (TPSA) is 123 Å². The number of hydrogen-bond donors (Lipinski definition) is 2. The number of carbonyl (C=O) groups is 2. The zero-order valence-corrected chi connectivity index (χ0v) is 28.4. The van der Waals surface area contributed by atoms with Crippen LogP contribution in [-0.2, 0) is 15.7 Å². The van der Waals surface area contributed by atoms with Gasteiger partial charge < -0.3 is 30.3 Å². The highest BCUT2D eigenvalue weighted by molar-refractivity contribution is 5.91. The number of amides is 2. The minimum atomic E-state index is -4.52. The summed E-state index contributed by atoms with van der Waals surface area (Å²) in [6.07, 6.45) is -1.86. The second kappa shape index (κ2) is 13.7. The number of halogens is 3. The number of nitrogens with zero attached hydrogens (tertiary/aromatic N) is 4. The van der Waals surface area contributed by atoms with Gasteiger partial charge in [0.05, 0.1) is 24.2 Å². The molecule has 2 heterocycles. The third-order valence-electron chi connectivity index (χ3n) is 9.08. The quantitative estimate of drug-likeness (QED) is 0.267. The van der Waals surface area contributed by atoms with Crippen molar-refractivity contribution in [2.75, 3.05) is 44.3 Å². The van der Waals surface area contributed by atoms with Gasteiger partial charge in [-0.1, -0.05) is 0 Å². The molecule has 0 unspecified atom stereocenters. The highest BCUT2D eigenvalue weighted by Gasteiger charge is 2.35. The summed E-state index contributed by atoms with van der Waals surface area (Å²) >= 11 is 0. The molecule has 2 aromatic carbocycles. The Morgan fingerprint density at radius 2 is 1.60 bits per heavy atom. The van der Waals surface area contributed by atoms with Crippen LogP contribution in [0.15, 0.2) is 30.3 Å². The van der Waals surface area contributed by atoms with Gasteiger partial charge >= 0.3 is 12.3 Å². The fourth-order valence-electron chi connectivity index (χ4n) is 6.62. The minimum Gasteiger partial charge on any atom is -0.496 e. The van der Waals surface area contributed by atoms with E-state index in [0.717, 1.165) is 48.8 Å². The number of benzene rings is 2. The molecule has 260 valence electrons. The lowest BCUT2D eigenvalue weighted by molar-refractivity contribution is -0.138. The number of nitrogens with two attached hydrogens (primary N) is 1. The van der Waals surface area contributed by atoms with Crippen LogP contribution in [0.5, 0.6) is 5.75 Å². The molecule has 1 saturated carbocycles. The largest absolute Gasteiger partial charge is 0.496 e. The molecular weight excluding hydrogens is 625 g/mol. The first kappa shape index (κ1) is 35.0. The van der Waals surface area contributed by atoms with Crippen LogP contribution >= 0.6 is 0 Å². The lowest BCUT2D eigenvalue weighted by atomic mass is 9.77. The van der Waals surface area contributed by atoms with E-state index >= 15 is 0 Å². The van der Waals surface area contributed by atoms with Crippen LogP contribution in [0.3, 0.4) is 0 Å². The van der Waals surface area contributed by atoms with Gasteiger partial charge in [-0.3, -0.25) is 4.79 Å². The second-order valence-corrected chi connectivity index (χ2v) is 13.8. The van der Waals surface area contributed by atoms with Crippen molar-refractivity contribution in [2.45, 2.75) is 84.0 Å². The van der Waals surface area contributed by atoms with Crippen LogP contribution in [0.4, 0.5) is 29.5 Å². The molecule has 1 aliphatic carbocycles. The number of nitrogens with one attached hydrogen (secondary N) is 1. The van der Waals surface area contributed by atoms with Crippen LogP contribution in [0.2, 0.25) is 0 Å². The van der Waals surface area contributed by atoms with Gasteiger partial charge in [-0.15, -0.1) is 0 Å². The van der Waals surface area contributed by atoms with Crippen molar-refractivity contribution in [3.63, 3.8) is 0 Å². The number of hydrogen-bond acceptors (Lipinski definition) is 8.